The molecule has 1 heterocycles. The van der Waals surface area contributed by atoms with E-state index in [0.29, 0.717) is 0 Å². The van der Waals surface area contributed by atoms with Crippen molar-refractivity contribution in [1.29, 1.82) is 0 Å². The number of halogens is 1. The van der Waals surface area contributed by atoms with E-state index in [1.807, 2.05) is 13.0 Å². The van der Waals surface area contributed by atoms with Crippen molar-refractivity contribution in [2.75, 3.05) is 6.54 Å². The normalized spacial score (nSPS) is 15.3. The van der Waals surface area contributed by atoms with Crippen LogP contribution in [0.25, 0.3) is 0 Å². The summed E-state index contributed by atoms with van der Waals surface area (Å²) in [5.41, 5.74) is 3.21. The van der Waals surface area contributed by atoms with Gasteiger partial charge in [-0.2, -0.15) is 0 Å². The maximum atomic E-state index is 12.8. The molecule has 0 fully saturated rings. The van der Waals surface area contributed by atoms with Crippen molar-refractivity contribution in [3.05, 3.63) is 35.1 Å². The summed E-state index contributed by atoms with van der Waals surface area (Å²) in [6.07, 6.45) is 0.866. The molecule has 0 aromatic heterocycles. The topological polar surface area (TPSA) is 12.4 Å². The molecule has 0 spiro atoms. The van der Waals surface area contributed by atoms with E-state index in [2.05, 4.69) is 4.99 Å². The van der Waals surface area contributed by atoms with Gasteiger partial charge in [0.25, 0.3) is 0 Å². The van der Waals surface area contributed by atoms with Gasteiger partial charge in [-0.3, -0.25) is 4.99 Å². The summed E-state index contributed by atoms with van der Waals surface area (Å²) in [6, 6.07) is 4.90. The molecule has 0 atom stereocenters. The predicted molar refractivity (Wildman–Crippen MR) is 47.2 cm³/mol. The highest BCUT2D eigenvalue weighted by Crippen LogP contribution is 2.16. The van der Waals surface area contributed by atoms with Crippen LogP contribution in [0, 0.1) is 5.82 Å². The average Bonchev–Trinajstić information content (AvgIpc) is 2.04. The number of benzene rings is 1. The van der Waals surface area contributed by atoms with E-state index in [1.54, 1.807) is 6.07 Å². The minimum absolute atomic E-state index is 0.150. The largest absolute Gasteiger partial charge is 0.289 e. The number of nitrogens with zero attached hydrogens (tertiary/aromatic N) is 1. The second-order valence-electron chi connectivity index (χ2n) is 3.02. The molecule has 0 radical (unpaired) electrons. The van der Waals surface area contributed by atoms with E-state index in [4.69, 9.17) is 0 Å². The zero-order valence-corrected chi connectivity index (χ0v) is 6.97. The minimum atomic E-state index is -0.150. The van der Waals surface area contributed by atoms with Crippen molar-refractivity contribution >= 4 is 5.71 Å². The third-order valence-electron chi connectivity index (χ3n) is 2.19. The lowest BCUT2D eigenvalue weighted by atomic mass is 9.98. The van der Waals surface area contributed by atoms with Gasteiger partial charge in [0, 0.05) is 12.3 Å². The van der Waals surface area contributed by atoms with Crippen LogP contribution in [-0.4, -0.2) is 12.3 Å². The summed E-state index contributed by atoms with van der Waals surface area (Å²) in [5, 5.41) is 0. The first-order valence-electron chi connectivity index (χ1n) is 4.07. The Morgan fingerprint density at radius 2 is 2.25 bits per heavy atom. The van der Waals surface area contributed by atoms with Gasteiger partial charge in [-0.15, -0.1) is 0 Å². The molecule has 1 aliphatic rings. The average molecular weight is 163 g/mol. The first-order chi connectivity index (χ1) is 5.77. The van der Waals surface area contributed by atoms with Gasteiger partial charge >= 0.3 is 0 Å². The Hall–Kier alpha value is -1.18. The minimum Gasteiger partial charge on any atom is -0.289 e. The quantitative estimate of drug-likeness (QED) is 0.556. The molecule has 0 unspecified atom stereocenters. The molecule has 2 heteroatoms. The van der Waals surface area contributed by atoms with E-state index in [9.17, 15) is 4.39 Å². The van der Waals surface area contributed by atoms with Crippen LogP contribution in [0.4, 0.5) is 4.39 Å². The lowest BCUT2D eigenvalue weighted by Crippen LogP contribution is -2.09. The maximum Gasteiger partial charge on any atom is 0.123 e. The second-order valence-corrected chi connectivity index (χ2v) is 3.02. The van der Waals surface area contributed by atoms with Gasteiger partial charge in [0.2, 0.25) is 0 Å². The molecular formula is C10H10FN. The van der Waals surface area contributed by atoms with E-state index < -0.39 is 0 Å². The van der Waals surface area contributed by atoms with Crippen LogP contribution >= 0.6 is 0 Å². The fraction of sp³-hybridized carbons (Fsp3) is 0.300. The molecule has 0 saturated carbocycles. The summed E-state index contributed by atoms with van der Waals surface area (Å²) >= 11 is 0. The van der Waals surface area contributed by atoms with Gasteiger partial charge in [-0.1, -0.05) is 0 Å². The smallest absolute Gasteiger partial charge is 0.123 e. The molecule has 12 heavy (non-hydrogen) atoms. The Kier molecular flexibility index (Phi) is 1.68. The van der Waals surface area contributed by atoms with Gasteiger partial charge in [-0.05, 0) is 42.7 Å². The van der Waals surface area contributed by atoms with Gasteiger partial charge < -0.3 is 0 Å². The van der Waals surface area contributed by atoms with Crippen molar-refractivity contribution in [1.82, 2.24) is 0 Å². The van der Waals surface area contributed by atoms with Crippen LogP contribution in [0.3, 0.4) is 0 Å². The molecule has 62 valence electrons. The Bertz CT molecular complexity index is 342. The highest BCUT2D eigenvalue weighted by atomic mass is 19.1. The van der Waals surface area contributed by atoms with E-state index in [1.165, 1.54) is 6.07 Å². The van der Waals surface area contributed by atoms with Crippen LogP contribution < -0.4 is 0 Å². The number of hydrogen-bond donors (Lipinski definition) is 0. The maximum absolute atomic E-state index is 12.8. The lowest BCUT2D eigenvalue weighted by Gasteiger charge is -2.13. The summed E-state index contributed by atoms with van der Waals surface area (Å²) in [6.45, 7) is 2.76. The molecule has 0 N–H and O–H groups in total. The third kappa shape index (κ3) is 1.13. The van der Waals surface area contributed by atoms with Crippen molar-refractivity contribution in [2.24, 2.45) is 4.99 Å². The molecule has 1 aromatic rings. The van der Waals surface area contributed by atoms with Crippen LogP contribution in [0.1, 0.15) is 18.1 Å². The number of fused-ring (bicyclic) bond motifs is 1. The fourth-order valence-corrected chi connectivity index (χ4v) is 1.55. The highest BCUT2D eigenvalue weighted by Gasteiger charge is 2.10. The summed E-state index contributed by atoms with van der Waals surface area (Å²) in [4.78, 5) is 4.30. The molecule has 0 bridgehead atoms. The van der Waals surface area contributed by atoms with E-state index in [0.717, 1.165) is 29.8 Å². The van der Waals surface area contributed by atoms with Gasteiger partial charge in [0.05, 0.1) is 0 Å². The predicted octanol–water partition coefficient (Wildman–Crippen LogP) is 2.19. The van der Waals surface area contributed by atoms with Gasteiger partial charge in [-0.25, -0.2) is 4.39 Å². The molecule has 0 aliphatic carbocycles. The number of rotatable bonds is 0. The zero-order chi connectivity index (χ0) is 8.55. The van der Waals surface area contributed by atoms with Crippen molar-refractivity contribution < 1.29 is 4.39 Å². The third-order valence-corrected chi connectivity index (χ3v) is 2.19. The molecule has 2 rings (SSSR count). The first-order valence-corrected chi connectivity index (χ1v) is 4.07. The van der Waals surface area contributed by atoms with Crippen molar-refractivity contribution in [3.63, 3.8) is 0 Å². The van der Waals surface area contributed by atoms with Crippen molar-refractivity contribution in [3.8, 4) is 0 Å². The van der Waals surface area contributed by atoms with Crippen LogP contribution in [0.2, 0.25) is 0 Å². The zero-order valence-electron chi connectivity index (χ0n) is 6.97. The van der Waals surface area contributed by atoms with Crippen molar-refractivity contribution in [2.45, 2.75) is 13.3 Å². The summed E-state index contributed by atoms with van der Waals surface area (Å²) < 4.78 is 12.8. The summed E-state index contributed by atoms with van der Waals surface area (Å²) in [5.74, 6) is -0.150. The Morgan fingerprint density at radius 1 is 1.42 bits per heavy atom. The molecule has 1 nitrogen and oxygen atoms in total. The Balaban J connectivity index is 2.56. The van der Waals surface area contributed by atoms with Gasteiger partial charge in [0.15, 0.2) is 0 Å². The first kappa shape index (κ1) is 7.47. The molecule has 1 aromatic carbocycles. The van der Waals surface area contributed by atoms with E-state index in [-0.39, 0.29) is 5.82 Å². The van der Waals surface area contributed by atoms with Crippen LogP contribution in [0.5, 0.6) is 0 Å². The number of aliphatic imine (C=N–C) groups is 1. The molecular weight excluding hydrogens is 153 g/mol. The van der Waals surface area contributed by atoms with Gasteiger partial charge in [0.1, 0.15) is 5.82 Å². The Morgan fingerprint density at radius 3 is 3.08 bits per heavy atom. The molecule has 0 saturated heterocycles. The number of hydrogen-bond acceptors (Lipinski definition) is 1. The molecule has 0 amide bonds. The van der Waals surface area contributed by atoms with Crippen LogP contribution in [-0.2, 0) is 6.42 Å². The monoisotopic (exact) mass is 163 g/mol. The van der Waals surface area contributed by atoms with E-state index >= 15 is 0 Å². The standard InChI is InChI=1S/C10H10FN/c1-7-10-3-2-9(11)6-8(10)4-5-12-7/h2-3,6H,4-5H2,1H3. The Labute approximate surface area is 70.9 Å². The molecule has 1 aliphatic heterocycles. The lowest BCUT2D eigenvalue weighted by molar-refractivity contribution is 0.625. The van der Waals surface area contributed by atoms with Crippen LogP contribution in [0.15, 0.2) is 23.2 Å². The second kappa shape index (κ2) is 2.70. The fourth-order valence-electron chi connectivity index (χ4n) is 1.55. The summed E-state index contributed by atoms with van der Waals surface area (Å²) in [7, 11) is 0. The highest BCUT2D eigenvalue weighted by molar-refractivity contribution is 6.00. The SMILES string of the molecule is CC1=NCCc2cc(F)ccc21.